The highest BCUT2D eigenvalue weighted by molar-refractivity contribution is 9.10. The van der Waals surface area contributed by atoms with E-state index in [2.05, 4.69) is 34.1 Å². The Morgan fingerprint density at radius 1 is 0.936 bits per heavy atom. The number of allylic oxidation sites excluding steroid dienone is 1. The molecule has 0 spiro atoms. The standard InChI is InChI=1S/C37H30BrClN2O5S/c1-43-29-15-13-23(19-30(29)44-2)34-26-14-12-22-8-4-6-10-25(22)33(26)40-37-41(34)36(42)32(47-37)18-21-16-27(38)35(31(17-21)45-3)46-20-24-9-5-7-11-28(24)39/h4-11,13,15-19,34H,12,14,20H2,1-3H3/b32-18-/t34-/m0/s1. The summed E-state index contributed by atoms with van der Waals surface area (Å²) in [6, 6.07) is 25.2. The molecule has 4 aromatic carbocycles. The zero-order valence-electron chi connectivity index (χ0n) is 25.9. The maximum atomic E-state index is 14.3. The number of methoxy groups -OCH3 is 3. The fourth-order valence-corrected chi connectivity index (χ4v) is 7.99. The van der Waals surface area contributed by atoms with Crippen molar-refractivity contribution in [3.63, 3.8) is 0 Å². The first-order chi connectivity index (χ1) is 22.9. The van der Waals surface area contributed by atoms with Crippen molar-refractivity contribution in [2.24, 2.45) is 4.99 Å². The molecule has 0 unspecified atom stereocenters. The van der Waals surface area contributed by atoms with Crippen LogP contribution < -0.4 is 33.8 Å². The molecule has 0 N–H and O–H groups in total. The average molecular weight is 730 g/mol. The number of aryl methyl sites for hydroxylation is 1. The van der Waals surface area contributed by atoms with Gasteiger partial charge in [-0.05, 0) is 87.4 Å². The minimum Gasteiger partial charge on any atom is -0.493 e. The lowest BCUT2D eigenvalue weighted by Gasteiger charge is -2.31. The molecule has 1 aromatic heterocycles. The first-order valence-corrected chi connectivity index (χ1v) is 17.0. The minimum absolute atomic E-state index is 0.118. The zero-order chi connectivity index (χ0) is 32.7. The molecule has 238 valence electrons. The Morgan fingerprint density at radius 3 is 2.49 bits per heavy atom. The van der Waals surface area contributed by atoms with Crippen LogP contribution >= 0.6 is 38.9 Å². The molecule has 0 saturated carbocycles. The van der Waals surface area contributed by atoms with Crippen LogP contribution in [0.2, 0.25) is 5.02 Å². The largest absolute Gasteiger partial charge is 0.493 e. The van der Waals surface area contributed by atoms with Gasteiger partial charge in [0.15, 0.2) is 27.8 Å². The molecule has 0 saturated heterocycles. The van der Waals surface area contributed by atoms with Gasteiger partial charge in [0.25, 0.3) is 5.56 Å². The highest BCUT2D eigenvalue weighted by atomic mass is 79.9. The van der Waals surface area contributed by atoms with E-state index in [1.807, 2.05) is 71.3 Å². The summed E-state index contributed by atoms with van der Waals surface area (Å²) in [5.41, 5.74) is 6.87. The summed E-state index contributed by atoms with van der Waals surface area (Å²) in [5.74, 6) is 2.31. The van der Waals surface area contributed by atoms with Gasteiger partial charge in [-0.25, -0.2) is 4.99 Å². The topological polar surface area (TPSA) is 71.3 Å². The summed E-state index contributed by atoms with van der Waals surface area (Å²) in [6.07, 6.45) is 3.53. The van der Waals surface area contributed by atoms with Gasteiger partial charge < -0.3 is 18.9 Å². The number of halogens is 2. The van der Waals surface area contributed by atoms with E-state index in [0.29, 0.717) is 41.8 Å². The third kappa shape index (κ3) is 5.77. The van der Waals surface area contributed by atoms with Gasteiger partial charge in [-0.15, -0.1) is 0 Å². The molecule has 0 fully saturated rings. The molecule has 1 atom stereocenters. The van der Waals surface area contributed by atoms with Crippen LogP contribution in [0, 0.1) is 0 Å². The fraction of sp³-hybridized carbons (Fsp3) is 0.189. The fourth-order valence-electron chi connectivity index (χ4n) is 6.23. The van der Waals surface area contributed by atoms with Crippen molar-refractivity contribution in [2.45, 2.75) is 25.5 Å². The quantitative estimate of drug-likeness (QED) is 0.167. The van der Waals surface area contributed by atoms with Crippen LogP contribution in [0.5, 0.6) is 23.0 Å². The van der Waals surface area contributed by atoms with Crippen LogP contribution in [0.25, 0.3) is 11.8 Å². The maximum absolute atomic E-state index is 14.3. The molecule has 1 aliphatic carbocycles. The third-order valence-corrected chi connectivity index (χ3v) is 10.4. The number of benzene rings is 4. The van der Waals surface area contributed by atoms with Crippen molar-refractivity contribution in [1.82, 2.24) is 4.57 Å². The predicted octanol–water partition coefficient (Wildman–Crippen LogP) is 7.34. The second-order valence-corrected chi connectivity index (χ2v) is 13.4. The number of hydrogen-bond acceptors (Lipinski definition) is 7. The summed E-state index contributed by atoms with van der Waals surface area (Å²) < 4.78 is 26.1. The second kappa shape index (κ2) is 13.1. The average Bonchev–Trinajstić information content (AvgIpc) is 3.40. The van der Waals surface area contributed by atoms with E-state index in [1.165, 1.54) is 16.9 Å². The molecule has 2 heterocycles. The van der Waals surface area contributed by atoms with Crippen LogP contribution in [0.1, 0.15) is 40.3 Å². The molecule has 0 radical (unpaired) electrons. The van der Waals surface area contributed by atoms with Crippen molar-refractivity contribution in [2.75, 3.05) is 21.3 Å². The molecule has 7 rings (SSSR count). The summed E-state index contributed by atoms with van der Waals surface area (Å²) in [4.78, 5) is 20.1. The molecule has 2 aliphatic rings. The van der Waals surface area contributed by atoms with Crippen molar-refractivity contribution >= 4 is 50.6 Å². The van der Waals surface area contributed by atoms with E-state index < -0.39 is 0 Å². The highest BCUT2D eigenvalue weighted by Crippen LogP contribution is 2.43. The zero-order valence-corrected chi connectivity index (χ0v) is 29.0. The summed E-state index contributed by atoms with van der Waals surface area (Å²) in [7, 11) is 4.83. The molecule has 47 heavy (non-hydrogen) atoms. The molecule has 10 heteroatoms. The first kappa shape index (κ1) is 31.3. The predicted molar refractivity (Wildman–Crippen MR) is 189 cm³/mol. The van der Waals surface area contributed by atoms with Crippen molar-refractivity contribution in [3.8, 4) is 23.0 Å². The number of rotatable bonds is 8. The Kier molecular flexibility index (Phi) is 8.70. The second-order valence-electron chi connectivity index (χ2n) is 11.1. The Labute approximate surface area is 289 Å². The lowest BCUT2D eigenvalue weighted by molar-refractivity contribution is 0.282. The SMILES string of the molecule is COc1ccc([C@H]2C3=C(N=c4s/c(=C\c5cc(Br)c(OCc6ccccc6Cl)c(OC)c5)c(=O)n42)c2ccccc2CC3)cc1OC. The van der Waals surface area contributed by atoms with Gasteiger partial charge in [-0.1, -0.05) is 71.5 Å². The van der Waals surface area contributed by atoms with Gasteiger partial charge in [0.05, 0.1) is 42.1 Å². The van der Waals surface area contributed by atoms with Crippen LogP contribution in [0.15, 0.2) is 98.7 Å². The molecule has 0 bridgehead atoms. The van der Waals surface area contributed by atoms with Crippen LogP contribution in [0.4, 0.5) is 0 Å². The number of fused-ring (bicyclic) bond motifs is 3. The monoisotopic (exact) mass is 728 g/mol. The Hall–Kier alpha value is -4.31. The number of nitrogens with zero attached hydrogens (tertiary/aromatic N) is 2. The summed E-state index contributed by atoms with van der Waals surface area (Å²) >= 11 is 11.4. The molecular weight excluding hydrogens is 700 g/mol. The van der Waals surface area contributed by atoms with Crippen molar-refractivity contribution < 1.29 is 18.9 Å². The van der Waals surface area contributed by atoms with Crippen molar-refractivity contribution in [1.29, 1.82) is 0 Å². The van der Waals surface area contributed by atoms with Gasteiger partial charge in [-0.3, -0.25) is 9.36 Å². The maximum Gasteiger partial charge on any atom is 0.271 e. The lowest BCUT2D eigenvalue weighted by Crippen LogP contribution is -2.38. The van der Waals surface area contributed by atoms with Gasteiger partial charge in [0.1, 0.15) is 6.61 Å². The summed E-state index contributed by atoms with van der Waals surface area (Å²) in [5, 5.41) is 0.631. The van der Waals surface area contributed by atoms with E-state index in [0.717, 1.165) is 46.4 Å². The van der Waals surface area contributed by atoms with E-state index in [9.17, 15) is 4.79 Å². The number of ether oxygens (including phenoxy) is 4. The van der Waals surface area contributed by atoms with E-state index in [1.54, 1.807) is 21.3 Å². The minimum atomic E-state index is -0.349. The first-order valence-electron chi connectivity index (χ1n) is 15.0. The van der Waals surface area contributed by atoms with Crippen LogP contribution in [-0.4, -0.2) is 25.9 Å². The number of hydrogen-bond donors (Lipinski definition) is 0. The molecule has 0 amide bonds. The van der Waals surface area contributed by atoms with E-state index in [4.69, 9.17) is 35.5 Å². The van der Waals surface area contributed by atoms with E-state index >= 15 is 0 Å². The number of aromatic nitrogens is 1. The number of thiazole rings is 1. The Bertz CT molecular complexity index is 2240. The Balaban J connectivity index is 1.35. The summed E-state index contributed by atoms with van der Waals surface area (Å²) in [6.45, 7) is 0.274. The Morgan fingerprint density at radius 2 is 1.70 bits per heavy atom. The highest BCUT2D eigenvalue weighted by Gasteiger charge is 2.33. The molecule has 7 nitrogen and oxygen atoms in total. The normalized spacial score (nSPS) is 15.3. The molecular formula is C37H30BrClN2O5S. The molecule has 1 aliphatic heterocycles. The van der Waals surface area contributed by atoms with Crippen LogP contribution in [0.3, 0.4) is 0 Å². The van der Waals surface area contributed by atoms with Gasteiger partial charge >= 0.3 is 0 Å². The molecule has 5 aromatic rings. The van der Waals surface area contributed by atoms with Gasteiger partial charge in [0.2, 0.25) is 0 Å². The van der Waals surface area contributed by atoms with Gasteiger partial charge in [0, 0.05) is 16.1 Å². The van der Waals surface area contributed by atoms with Crippen molar-refractivity contribution in [3.05, 3.63) is 141 Å². The third-order valence-electron chi connectivity index (χ3n) is 8.48. The lowest BCUT2D eigenvalue weighted by atomic mass is 9.83. The van der Waals surface area contributed by atoms with Crippen LogP contribution in [-0.2, 0) is 13.0 Å². The van der Waals surface area contributed by atoms with E-state index in [-0.39, 0.29) is 18.2 Å². The van der Waals surface area contributed by atoms with Gasteiger partial charge in [-0.2, -0.15) is 0 Å². The smallest absolute Gasteiger partial charge is 0.271 e.